The molecule has 0 aliphatic heterocycles. The average Bonchev–Trinajstić information content (AvgIpc) is 2.28. The van der Waals surface area contributed by atoms with Crippen LogP contribution in [0.2, 0.25) is 0 Å². The number of nitrogens with two attached hydrogens (primary N) is 1. The van der Waals surface area contributed by atoms with Crippen LogP contribution in [-0.4, -0.2) is 24.7 Å². The van der Waals surface area contributed by atoms with Crippen molar-refractivity contribution in [2.45, 2.75) is 13.3 Å². The van der Waals surface area contributed by atoms with E-state index in [1.807, 2.05) is 6.92 Å². The third-order valence-corrected chi connectivity index (χ3v) is 2.26. The van der Waals surface area contributed by atoms with E-state index in [0.717, 1.165) is 18.6 Å². The molecule has 5 nitrogen and oxygen atoms in total. The minimum Gasteiger partial charge on any atom is -0.478 e. The van der Waals surface area contributed by atoms with Gasteiger partial charge in [-0.2, -0.15) is 0 Å². The highest BCUT2D eigenvalue weighted by molar-refractivity contribution is 5.90. The van der Waals surface area contributed by atoms with Gasteiger partial charge in [-0.3, -0.25) is 9.90 Å². The minimum absolute atomic E-state index is 0.166. The highest BCUT2D eigenvalue weighted by atomic mass is 19.1. The molecule has 0 atom stereocenters. The second-order valence-electron chi connectivity index (χ2n) is 3.48. The maximum absolute atomic E-state index is 13.5. The summed E-state index contributed by atoms with van der Waals surface area (Å²) in [4.78, 5) is 15.8. The van der Waals surface area contributed by atoms with Gasteiger partial charge in [0.05, 0.1) is 24.0 Å². The fourth-order valence-corrected chi connectivity index (χ4v) is 1.47. The summed E-state index contributed by atoms with van der Waals surface area (Å²) in [6, 6.07) is 2.16. The molecule has 0 aliphatic rings. The molecule has 17 heavy (non-hydrogen) atoms. The van der Waals surface area contributed by atoms with Crippen molar-refractivity contribution < 1.29 is 19.1 Å². The lowest BCUT2D eigenvalue weighted by molar-refractivity contribution is 0.0692. The number of carboxylic acids is 1. The van der Waals surface area contributed by atoms with Gasteiger partial charge in [-0.15, -0.1) is 0 Å². The van der Waals surface area contributed by atoms with Gasteiger partial charge in [0.1, 0.15) is 5.82 Å². The van der Waals surface area contributed by atoms with Gasteiger partial charge in [0.2, 0.25) is 0 Å². The van der Waals surface area contributed by atoms with E-state index in [1.165, 1.54) is 12.2 Å². The van der Waals surface area contributed by atoms with E-state index < -0.39 is 17.3 Å². The number of nitrogen functional groups attached to an aromatic ring is 1. The molecular weight excluding hydrogens is 227 g/mol. The highest BCUT2D eigenvalue weighted by Gasteiger charge is 2.17. The SMILES string of the molecule is CCCN(OC)c1cc(F)c(C(=O)O)cc1N. The Balaban J connectivity index is 3.18. The smallest absolute Gasteiger partial charge is 0.338 e. The van der Waals surface area contributed by atoms with E-state index >= 15 is 0 Å². The van der Waals surface area contributed by atoms with Crippen LogP contribution < -0.4 is 10.8 Å². The summed E-state index contributed by atoms with van der Waals surface area (Å²) in [7, 11) is 1.44. The predicted octanol–water partition coefficient (Wildman–Crippen LogP) is 1.88. The van der Waals surface area contributed by atoms with E-state index in [2.05, 4.69) is 0 Å². The first kappa shape index (κ1) is 13.2. The zero-order valence-electron chi connectivity index (χ0n) is 9.74. The molecule has 0 saturated heterocycles. The monoisotopic (exact) mass is 242 g/mol. The number of hydrogen-bond acceptors (Lipinski definition) is 4. The Morgan fingerprint density at radius 3 is 2.71 bits per heavy atom. The number of anilines is 2. The Morgan fingerprint density at radius 2 is 2.24 bits per heavy atom. The number of hydrogen-bond donors (Lipinski definition) is 2. The summed E-state index contributed by atoms with van der Waals surface area (Å²) in [6.45, 7) is 2.47. The Hall–Kier alpha value is -1.82. The van der Waals surface area contributed by atoms with E-state index in [1.54, 1.807) is 0 Å². The third-order valence-electron chi connectivity index (χ3n) is 2.26. The normalized spacial score (nSPS) is 10.3. The molecule has 94 valence electrons. The summed E-state index contributed by atoms with van der Waals surface area (Å²) in [5.74, 6) is -2.18. The maximum atomic E-state index is 13.5. The minimum atomic E-state index is -1.35. The van der Waals surface area contributed by atoms with Crippen molar-refractivity contribution in [1.29, 1.82) is 0 Å². The Bertz CT molecular complexity index is 423. The van der Waals surface area contributed by atoms with Crippen molar-refractivity contribution >= 4 is 17.3 Å². The Kier molecular flexibility index (Phi) is 4.28. The van der Waals surface area contributed by atoms with Crippen LogP contribution in [0.3, 0.4) is 0 Å². The maximum Gasteiger partial charge on any atom is 0.338 e. The summed E-state index contributed by atoms with van der Waals surface area (Å²) in [5.41, 5.74) is 5.73. The van der Waals surface area contributed by atoms with E-state index in [0.29, 0.717) is 12.2 Å². The molecule has 3 N–H and O–H groups in total. The number of carboxylic acid groups (broad SMARTS) is 1. The van der Waals surface area contributed by atoms with Crippen LogP contribution in [0, 0.1) is 5.82 Å². The Morgan fingerprint density at radius 1 is 1.59 bits per heavy atom. The van der Waals surface area contributed by atoms with Crippen LogP contribution >= 0.6 is 0 Å². The first-order valence-electron chi connectivity index (χ1n) is 5.15. The quantitative estimate of drug-likeness (QED) is 0.609. The van der Waals surface area contributed by atoms with Crippen LogP contribution in [0.1, 0.15) is 23.7 Å². The lowest BCUT2D eigenvalue weighted by atomic mass is 10.1. The standard InChI is InChI=1S/C11H15FN2O3/c1-3-4-14(17-2)10-6-8(12)7(11(15)16)5-9(10)13/h5-6H,3-4,13H2,1-2H3,(H,15,16). The van der Waals surface area contributed by atoms with Crippen LogP contribution in [0.4, 0.5) is 15.8 Å². The van der Waals surface area contributed by atoms with Gasteiger partial charge in [0.25, 0.3) is 0 Å². The molecule has 0 spiro atoms. The molecule has 0 unspecified atom stereocenters. The van der Waals surface area contributed by atoms with E-state index in [9.17, 15) is 9.18 Å². The molecule has 0 saturated carbocycles. The fourth-order valence-electron chi connectivity index (χ4n) is 1.47. The lowest BCUT2D eigenvalue weighted by Gasteiger charge is -2.23. The molecule has 0 heterocycles. The van der Waals surface area contributed by atoms with Crippen molar-refractivity contribution in [3.05, 3.63) is 23.5 Å². The van der Waals surface area contributed by atoms with Gasteiger partial charge in [0.15, 0.2) is 0 Å². The number of halogens is 1. The lowest BCUT2D eigenvalue weighted by Crippen LogP contribution is -2.24. The molecule has 0 aliphatic carbocycles. The molecule has 0 amide bonds. The number of nitrogens with zero attached hydrogens (tertiary/aromatic N) is 1. The number of rotatable bonds is 5. The molecule has 6 heteroatoms. The number of benzene rings is 1. The van der Waals surface area contributed by atoms with Crippen molar-refractivity contribution in [3.63, 3.8) is 0 Å². The van der Waals surface area contributed by atoms with Gasteiger partial charge in [-0.1, -0.05) is 6.92 Å². The van der Waals surface area contributed by atoms with Crippen molar-refractivity contribution in [1.82, 2.24) is 0 Å². The van der Waals surface area contributed by atoms with E-state index in [4.69, 9.17) is 15.7 Å². The van der Waals surface area contributed by atoms with Gasteiger partial charge in [0, 0.05) is 12.6 Å². The zero-order chi connectivity index (χ0) is 13.0. The van der Waals surface area contributed by atoms with Gasteiger partial charge in [-0.05, 0) is 12.5 Å². The summed E-state index contributed by atoms with van der Waals surface area (Å²) in [6.07, 6.45) is 0.787. The van der Waals surface area contributed by atoms with E-state index in [-0.39, 0.29) is 5.69 Å². The molecular formula is C11H15FN2O3. The van der Waals surface area contributed by atoms with Crippen LogP contribution in [-0.2, 0) is 4.84 Å². The number of carbonyl (C=O) groups is 1. The highest BCUT2D eigenvalue weighted by Crippen LogP contribution is 2.27. The van der Waals surface area contributed by atoms with Crippen molar-refractivity contribution in [2.75, 3.05) is 24.5 Å². The third kappa shape index (κ3) is 2.85. The number of aromatic carboxylic acids is 1. The molecule has 1 aromatic carbocycles. The van der Waals surface area contributed by atoms with Crippen LogP contribution in [0.25, 0.3) is 0 Å². The summed E-state index contributed by atoms with van der Waals surface area (Å²) >= 11 is 0. The van der Waals surface area contributed by atoms with Gasteiger partial charge in [-0.25, -0.2) is 9.18 Å². The molecule has 0 radical (unpaired) electrons. The van der Waals surface area contributed by atoms with Crippen LogP contribution in [0.5, 0.6) is 0 Å². The number of hydroxylamine groups is 1. The summed E-state index contributed by atoms with van der Waals surface area (Å²) < 4.78 is 13.5. The second kappa shape index (κ2) is 5.49. The average molecular weight is 242 g/mol. The van der Waals surface area contributed by atoms with Crippen molar-refractivity contribution in [3.8, 4) is 0 Å². The Labute approximate surface area is 98.5 Å². The first-order valence-corrected chi connectivity index (χ1v) is 5.15. The van der Waals surface area contributed by atoms with Gasteiger partial charge < -0.3 is 10.8 Å². The van der Waals surface area contributed by atoms with Crippen LogP contribution in [0.15, 0.2) is 12.1 Å². The molecule has 0 fully saturated rings. The fraction of sp³-hybridized carbons (Fsp3) is 0.364. The van der Waals surface area contributed by atoms with Crippen molar-refractivity contribution in [2.24, 2.45) is 0 Å². The molecule has 1 rings (SSSR count). The summed E-state index contributed by atoms with van der Waals surface area (Å²) in [5, 5.41) is 10.2. The van der Waals surface area contributed by atoms with Gasteiger partial charge >= 0.3 is 5.97 Å². The molecule has 0 bridgehead atoms. The largest absolute Gasteiger partial charge is 0.478 e. The second-order valence-corrected chi connectivity index (χ2v) is 3.48. The predicted molar refractivity (Wildman–Crippen MR) is 62.4 cm³/mol. The molecule has 0 aromatic heterocycles. The first-order chi connectivity index (χ1) is 8.01. The molecule has 1 aromatic rings. The topological polar surface area (TPSA) is 75.8 Å². The zero-order valence-corrected chi connectivity index (χ0v) is 9.74.